The second kappa shape index (κ2) is 7.28. The average Bonchev–Trinajstić information content (AvgIpc) is 3.42. The van der Waals surface area contributed by atoms with Gasteiger partial charge in [-0.1, -0.05) is 42.5 Å². The molecule has 25 heavy (non-hydrogen) atoms. The van der Waals surface area contributed by atoms with Gasteiger partial charge in [-0.3, -0.25) is 4.79 Å². The smallest absolute Gasteiger partial charge is 0.230 e. The summed E-state index contributed by atoms with van der Waals surface area (Å²) in [5, 5.41) is 13.3. The largest absolute Gasteiger partial charge is 0.491 e. The van der Waals surface area contributed by atoms with E-state index in [1.54, 1.807) is 0 Å². The van der Waals surface area contributed by atoms with Gasteiger partial charge in [0.05, 0.1) is 17.6 Å². The van der Waals surface area contributed by atoms with Crippen LogP contribution in [0.25, 0.3) is 0 Å². The summed E-state index contributed by atoms with van der Waals surface area (Å²) in [6.45, 7) is 4.15. The van der Waals surface area contributed by atoms with E-state index >= 15 is 0 Å². The van der Waals surface area contributed by atoms with Gasteiger partial charge in [0.15, 0.2) is 0 Å². The molecule has 1 atom stereocenters. The van der Waals surface area contributed by atoms with Crippen molar-refractivity contribution in [1.29, 1.82) is 0 Å². The molecule has 1 amide bonds. The molecule has 0 bridgehead atoms. The number of aliphatic hydroxyl groups is 1. The molecule has 0 saturated heterocycles. The van der Waals surface area contributed by atoms with Crippen molar-refractivity contribution in [2.24, 2.45) is 0 Å². The van der Waals surface area contributed by atoms with Crippen LogP contribution in [0.15, 0.2) is 54.6 Å². The third-order valence-corrected chi connectivity index (χ3v) is 4.60. The summed E-state index contributed by atoms with van der Waals surface area (Å²) in [5.41, 5.74) is 1.41. The number of hydrogen-bond donors (Lipinski definition) is 2. The quantitative estimate of drug-likeness (QED) is 0.813. The first-order valence-corrected chi connectivity index (χ1v) is 8.80. The minimum absolute atomic E-state index is 0.00230. The lowest BCUT2D eigenvalue weighted by Crippen LogP contribution is -2.37. The second-order valence-corrected chi connectivity index (χ2v) is 6.91. The molecule has 132 valence electrons. The molecule has 0 radical (unpaired) electrons. The molecule has 2 N–H and O–H groups in total. The number of ether oxygens (including phenoxy) is 1. The molecule has 2 aromatic rings. The number of rotatable bonds is 7. The lowest BCUT2D eigenvalue weighted by molar-refractivity contribution is -0.124. The predicted molar refractivity (Wildman–Crippen MR) is 97.5 cm³/mol. The van der Waals surface area contributed by atoms with E-state index in [-0.39, 0.29) is 18.6 Å². The van der Waals surface area contributed by atoms with Crippen molar-refractivity contribution >= 4 is 5.91 Å². The molecule has 1 aliphatic rings. The van der Waals surface area contributed by atoms with E-state index in [9.17, 15) is 9.90 Å². The fourth-order valence-electron chi connectivity index (χ4n) is 3.05. The van der Waals surface area contributed by atoms with Crippen LogP contribution < -0.4 is 10.1 Å². The van der Waals surface area contributed by atoms with E-state index < -0.39 is 11.5 Å². The Bertz CT molecular complexity index is 706. The van der Waals surface area contributed by atoms with Crippen molar-refractivity contribution in [2.75, 3.05) is 6.54 Å². The number of aliphatic hydroxyl groups excluding tert-OH is 1. The van der Waals surface area contributed by atoms with Crippen LogP contribution in [-0.4, -0.2) is 23.7 Å². The minimum Gasteiger partial charge on any atom is -0.491 e. The summed E-state index contributed by atoms with van der Waals surface area (Å²) in [5.74, 6) is 0.772. The van der Waals surface area contributed by atoms with Crippen molar-refractivity contribution in [3.63, 3.8) is 0 Å². The molecular weight excluding hydrogens is 314 g/mol. The molecule has 0 heterocycles. The van der Waals surface area contributed by atoms with Crippen LogP contribution in [0, 0.1) is 0 Å². The predicted octanol–water partition coefficient (Wildman–Crippen LogP) is 3.36. The zero-order valence-corrected chi connectivity index (χ0v) is 14.7. The molecule has 4 heteroatoms. The van der Waals surface area contributed by atoms with Crippen molar-refractivity contribution in [2.45, 2.75) is 44.3 Å². The summed E-state index contributed by atoms with van der Waals surface area (Å²) < 4.78 is 5.60. The first-order chi connectivity index (χ1) is 12.0. The molecule has 1 aliphatic carbocycles. The summed E-state index contributed by atoms with van der Waals surface area (Å²) in [4.78, 5) is 12.6. The average molecular weight is 339 g/mol. The molecular formula is C21H25NO3. The highest BCUT2D eigenvalue weighted by molar-refractivity contribution is 5.91. The number of nitrogens with one attached hydrogen (secondary N) is 1. The van der Waals surface area contributed by atoms with Gasteiger partial charge >= 0.3 is 0 Å². The third kappa shape index (κ3) is 4.02. The lowest BCUT2D eigenvalue weighted by Gasteiger charge is -2.18. The van der Waals surface area contributed by atoms with Gasteiger partial charge in [0.1, 0.15) is 5.75 Å². The summed E-state index contributed by atoms with van der Waals surface area (Å²) in [6, 6.07) is 17.2. The molecule has 1 fully saturated rings. The van der Waals surface area contributed by atoms with E-state index in [0.717, 1.165) is 29.7 Å². The summed E-state index contributed by atoms with van der Waals surface area (Å²) in [6.07, 6.45) is 1.10. The highest BCUT2D eigenvalue weighted by Crippen LogP contribution is 2.48. The molecule has 1 unspecified atom stereocenters. The van der Waals surface area contributed by atoms with Gasteiger partial charge in [-0.15, -0.1) is 0 Å². The standard InChI is InChI=1S/C21H25NO3/c1-15(2)25-18-10-8-16(9-11-18)19(23)14-22-20(24)21(12-13-21)17-6-4-3-5-7-17/h3-11,15,19,23H,12-14H2,1-2H3,(H,22,24). The van der Waals surface area contributed by atoms with Gasteiger partial charge in [-0.2, -0.15) is 0 Å². The Hall–Kier alpha value is -2.33. The Morgan fingerprint density at radius 3 is 2.32 bits per heavy atom. The van der Waals surface area contributed by atoms with Crippen LogP contribution in [0.1, 0.15) is 43.9 Å². The van der Waals surface area contributed by atoms with Crippen molar-refractivity contribution in [3.05, 3.63) is 65.7 Å². The van der Waals surface area contributed by atoms with Gasteiger partial charge in [0.2, 0.25) is 5.91 Å². The highest BCUT2D eigenvalue weighted by Gasteiger charge is 2.51. The van der Waals surface area contributed by atoms with E-state index in [0.29, 0.717) is 0 Å². The molecule has 2 aromatic carbocycles. The number of hydrogen-bond acceptors (Lipinski definition) is 3. The van der Waals surface area contributed by atoms with Crippen LogP contribution in [0.5, 0.6) is 5.75 Å². The van der Waals surface area contributed by atoms with E-state index in [1.165, 1.54) is 0 Å². The van der Waals surface area contributed by atoms with Crippen LogP contribution in [0.2, 0.25) is 0 Å². The Morgan fingerprint density at radius 1 is 1.12 bits per heavy atom. The zero-order valence-electron chi connectivity index (χ0n) is 14.7. The van der Waals surface area contributed by atoms with Gasteiger partial charge in [0.25, 0.3) is 0 Å². The zero-order chi connectivity index (χ0) is 17.9. The van der Waals surface area contributed by atoms with Gasteiger partial charge in [0, 0.05) is 6.54 Å². The number of carbonyl (C=O) groups excluding carboxylic acids is 1. The minimum atomic E-state index is -0.733. The molecule has 0 spiro atoms. The SMILES string of the molecule is CC(C)Oc1ccc(C(O)CNC(=O)C2(c3ccccc3)CC2)cc1. The Balaban J connectivity index is 1.57. The molecule has 0 aromatic heterocycles. The maximum absolute atomic E-state index is 12.6. The first-order valence-electron chi connectivity index (χ1n) is 8.80. The van der Waals surface area contributed by atoms with Crippen molar-refractivity contribution in [1.82, 2.24) is 5.32 Å². The lowest BCUT2D eigenvalue weighted by atomic mass is 9.95. The van der Waals surface area contributed by atoms with Gasteiger partial charge < -0.3 is 15.2 Å². The van der Waals surface area contributed by atoms with Crippen LogP contribution in [-0.2, 0) is 10.2 Å². The topological polar surface area (TPSA) is 58.6 Å². The van der Waals surface area contributed by atoms with Gasteiger partial charge in [-0.25, -0.2) is 0 Å². The Morgan fingerprint density at radius 2 is 1.76 bits per heavy atom. The molecule has 0 aliphatic heterocycles. The monoisotopic (exact) mass is 339 g/mol. The van der Waals surface area contributed by atoms with E-state index in [2.05, 4.69) is 5.32 Å². The maximum Gasteiger partial charge on any atom is 0.230 e. The van der Waals surface area contributed by atoms with E-state index in [4.69, 9.17) is 4.74 Å². The van der Waals surface area contributed by atoms with Crippen molar-refractivity contribution in [3.8, 4) is 5.75 Å². The maximum atomic E-state index is 12.6. The summed E-state index contributed by atoms with van der Waals surface area (Å²) in [7, 11) is 0. The molecule has 1 saturated carbocycles. The van der Waals surface area contributed by atoms with E-state index in [1.807, 2.05) is 68.4 Å². The van der Waals surface area contributed by atoms with Crippen molar-refractivity contribution < 1.29 is 14.6 Å². The summed E-state index contributed by atoms with van der Waals surface area (Å²) >= 11 is 0. The highest BCUT2D eigenvalue weighted by atomic mass is 16.5. The Kier molecular flexibility index (Phi) is 5.09. The normalized spacial score (nSPS) is 16.3. The fourth-order valence-corrected chi connectivity index (χ4v) is 3.05. The molecule has 3 rings (SSSR count). The van der Waals surface area contributed by atoms with Crippen LogP contribution >= 0.6 is 0 Å². The number of benzene rings is 2. The first kappa shape index (κ1) is 17.5. The fraction of sp³-hybridized carbons (Fsp3) is 0.381. The van der Waals surface area contributed by atoms with Crippen LogP contribution in [0.3, 0.4) is 0 Å². The number of carbonyl (C=O) groups is 1. The van der Waals surface area contributed by atoms with Crippen LogP contribution in [0.4, 0.5) is 0 Å². The third-order valence-electron chi connectivity index (χ3n) is 4.60. The molecule has 4 nitrogen and oxygen atoms in total. The van der Waals surface area contributed by atoms with Gasteiger partial charge in [-0.05, 0) is 49.9 Å². The Labute approximate surface area is 148 Å². The number of amides is 1. The second-order valence-electron chi connectivity index (χ2n) is 6.91.